The number of fused-ring (bicyclic) bond motifs is 1. The molecule has 0 unspecified atom stereocenters. The zero-order chi connectivity index (χ0) is 17.5. The fourth-order valence-electron chi connectivity index (χ4n) is 2.20. The first-order chi connectivity index (χ1) is 11.5. The first-order valence-corrected chi connectivity index (χ1v) is 7.35. The summed E-state index contributed by atoms with van der Waals surface area (Å²) in [6.07, 6.45) is 1.02. The molecule has 126 valence electrons. The Hall–Kier alpha value is -2.80. The van der Waals surface area contributed by atoms with Gasteiger partial charge in [-0.25, -0.2) is 0 Å². The summed E-state index contributed by atoms with van der Waals surface area (Å²) >= 11 is 0. The van der Waals surface area contributed by atoms with Gasteiger partial charge in [0, 0.05) is 0 Å². The van der Waals surface area contributed by atoms with Gasteiger partial charge in [-0.15, -0.1) is 0 Å². The van der Waals surface area contributed by atoms with Crippen LogP contribution in [0.15, 0.2) is 36.9 Å². The highest BCUT2D eigenvalue weighted by Gasteiger charge is 2.34. The third-order valence-electron chi connectivity index (χ3n) is 3.30. The van der Waals surface area contributed by atoms with Crippen LogP contribution in [0.4, 0.5) is 0 Å². The smallest absolute Gasteiger partial charge is 0.313 e. The van der Waals surface area contributed by atoms with Crippen LogP contribution in [0, 0.1) is 0 Å². The number of rotatable bonds is 9. The SMILES string of the molecule is C=CCOC(=O)CC(=O)COCCN1C(=O)c2ccccc2C1=O. The van der Waals surface area contributed by atoms with E-state index in [-0.39, 0.29) is 44.6 Å². The van der Waals surface area contributed by atoms with Gasteiger partial charge in [0.2, 0.25) is 0 Å². The van der Waals surface area contributed by atoms with Crippen molar-refractivity contribution in [1.82, 2.24) is 4.90 Å². The second kappa shape index (κ2) is 8.16. The molecule has 0 fully saturated rings. The van der Waals surface area contributed by atoms with E-state index in [9.17, 15) is 19.2 Å². The van der Waals surface area contributed by atoms with Crippen molar-refractivity contribution in [2.75, 3.05) is 26.4 Å². The maximum Gasteiger partial charge on any atom is 0.313 e. The Kier molecular flexibility index (Phi) is 5.97. The van der Waals surface area contributed by atoms with E-state index in [0.29, 0.717) is 11.1 Å². The Morgan fingerprint density at radius 2 is 1.75 bits per heavy atom. The standard InChI is InChI=1S/C17H17NO6/c1-2-8-24-15(20)10-12(19)11-23-9-7-18-16(21)13-5-3-4-6-14(13)17(18)22/h2-6H,1,7-11H2. The Labute approximate surface area is 138 Å². The maximum absolute atomic E-state index is 12.1. The number of Topliss-reactive ketones (excluding diaryl/α,β-unsaturated/α-hetero) is 1. The van der Waals surface area contributed by atoms with Gasteiger partial charge in [-0.2, -0.15) is 0 Å². The third-order valence-corrected chi connectivity index (χ3v) is 3.30. The average Bonchev–Trinajstić information content (AvgIpc) is 2.81. The van der Waals surface area contributed by atoms with E-state index in [0.717, 1.165) is 4.90 Å². The zero-order valence-electron chi connectivity index (χ0n) is 13.0. The van der Waals surface area contributed by atoms with E-state index >= 15 is 0 Å². The van der Waals surface area contributed by atoms with Gasteiger partial charge in [-0.05, 0) is 12.1 Å². The molecule has 0 atom stereocenters. The molecule has 0 aromatic heterocycles. The molecular weight excluding hydrogens is 314 g/mol. The number of amides is 2. The van der Waals surface area contributed by atoms with E-state index < -0.39 is 11.8 Å². The largest absolute Gasteiger partial charge is 0.461 e. The molecular formula is C17H17NO6. The van der Waals surface area contributed by atoms with Crippen LogP contribution in [0.1, 0.15) is 27.1 Å². The van der Waals surface area contributed by atoms with Crippen molar-refractivity contribution in [1.29, 1.82) is 0 Å². The molecule has 1 aromatic rings. The minimum absolute atomic E-state index is 0.0128. The number of carbonyl (C=O) groups excluding carboxylic acids is 4. The molecule has 2 rings (SSSR count). The number of ether oxygens (including phenoxy) is 2. The zero-order valence-corrected chi connectivity index (χ0v) is 13.0. The summed E-state index contributed by atoms with van der Waals surface area (Å²) in [6.45, 7) is 3.21. The molecule has 0 radical (unpaired) electrons. The number of esters is 1. The average molecular weight is 331 g/mol. The van der Waals surface area contributed by atoms with E-state index in [1.54, 1.807) is 24.3 Å². The van der Waals surface area contributed by atoms with E-state index in [1.807, 2.05) is 0 Å². The lowest BCUT2D eigenvalue weighted by molar-refractivity contribution is -0.145. The minimum Gasteiger partial charge on any atom is -0.461 e. The van der Waals surface area contributed by atoms with Gasteiger partial charge in [0.1, 0.15) is 19.6 Å². The van der Waals surface area contributed by atoms with Crippen LogP contribution in [-0.2, 0) is 19.1 Å². The van der Waals surface area contributed by atoms with Crippen molar-refractivity contribution in [2.24, 2.45) is 0 Å². The summed E-state index contributed by atoms with van der Waals surface area (Å²) in [5, 5.41) is 0. The fourth-order valence-corrected chi connectivity index (χ4v) is 2.20. The van der Waals surface area contributed by atoms with Gasteiger partial charge < -0.3 is 9.47 Å². The Morgan fingerprint density at radius 1 is 1.12 bits per heavy atom. The second-order valence-corrected chi connectivity index (χ2v) is 5.05. The first kappa shape index (κ1) is 17.6. The van der Waals surface area contributed by atoms with Crippen molar-refractivity contribution in [2.45, 2.75) is 6.42 Å². The molecule has 7 nitrogen and oxygen atoms in total. The second-order valence-electron chi connectivity index (χ2n) is 5.05. The van der Waals surface area contributed by atoms with Gasteiger partial charge in [0.05, 0.1) is 24.3 Å². The normalized spacial score (nSPS) is 12.9. The Bertz CT molecular complexity index is 646. The summed E-state index contributed by atoms with van der Waals surface area (Å²) in [5.41, 5.74) is 0.729. The van der Waals surface area contributed by atoms with E-state index in [4.69, 9.17) is 4.74 Å². The molecule has 2 amide bonds. The van der Waals surface area contributed by atoms with Crippen LogP contribution >= 0.6 is 0 Å². The van der Waals surface area contributed by atoms with E-state index in [2.05, 4.69) is 11.3 Å². The molecule has 0 aliphatic carbocycles. The molecule has 1 aliphatic rings. The number of imide groups is 1. The van der Waals surface area contributed by atoms with Gasteiger partial charge in [0.15, 0.2) is 5.78 Å². The lowest BCUT2D eigenvalue weighted by atomic mass is 10.1. The van der Waals surface area contributed by atoms with Gasteiger partial charge in [-0.1, -0.05) is 24.8 Å². The summed E-state index contributed by atoms with van der Waals surface area (Å²) in [5.74, 6) is -1.84. The molecule has 1 aromatic carbocycles. The molecule has 0 N–H and O–H groups in total. The van der Waals surface area contributed by atoms with Crippen molar-refractivity contribution >= 4 is 23.6 Å². The Morgan fingerprint density at radius 3 is 2.33 bits per heavy atom. The number of carbonyl (C=O) groups is 4. The van der Waals surface area contributed by atoms with Crippen LogP contribution in [0.2, 0.25) is 0 Å². The highest BCUT2D eigenvalue weighted by atomic mass is 16.5. The lowest BCUT2D eigenvalue weighted by Gasteiger charge is -2.13. The van der Waals surface area contributed by atoms with Gasteiger partial charge >= 0.3 is 5.97 Å². The number of hydrogen-bond donors (Lipinski definition) is 0. The molecule has 0 saturated heterocycles. The first-order valence-electron chi connectivity index (χ1n) is 7.35. The molecule has 24 heavy (non-hydrogen) atoms. The van der Waals surface area contributed by atoms with Crippen LogP contribution in [0.3, 0.4) is 0 Å². The lowest BCUT2D eigenvalue weighted by Crippen LogP contribution is -2.33. The highest BCUT2D eigenvalue weighted by molar-refractivity contribution is 6.21. The molecule has 0 spiro atoms. The molecule has 7 heteroatoms. The summed E-state index contributed by atoms with van der Waals surface area (Å²) < 4.78 is 9.82. The van der Waals surface area contributed by atoms with Crippen LogP contribution in [-0.4, -0.2) is 54.8 Å². The third kappa shape index (κ3) is 4.14. The van der Waals surface area contributed by atoms with Crippen molar-refractivity contribution in [3.63, 3.8) is 0 Å². The number of benzene rings is 1. The minimum atomic E-state index is -0.649. The molecule has 0 bridgehead atoms. The number of ketones is 1. The van der Waals surface area contributed by atoms with Crippen LogP contribution < -0.4 is 0 Å². The number of nitrogens with zero attached hydrogens (tertiary/aromatic N) is 1. The van der Waals surface area contributed by atoms with Crippen LogP contribution in [0.5, 0.6) is 0 Å². The van der Waals surface area contributed by atoms with Crippen molar-refractivity contribution in [3.8, 4) is 0 Å². The van der Waals surface area contributed by atoms with Gasteiger partial charge in [0.25, 0.3) is 11.8 Å². The monoisotopic (exact) mass is 331 g/mol. The maximum atomic E-state index is 12.1. The Balaban J connectivity index is 1.73. The number of hydrogen-bond acceptors (Lipinski definition) is 6. The summed E-state index contributed by atoms with van der Waals surface area (Å²) in [4.78, 5) is 48.0. The fraction of sp³-hybridized carbons (Fsp3) is 0.294. The predicted molar refractivity (Wildman–Crippen MR) is 83.4 cm³/mol. The van der Waals surface area contributed by atoms with Crippen molar-refractivity contribution in [3.05, 3.63) is 48.0 Å². The molecule has 0 saturated carbocycles. The topological polar surface area (TPSA) is 90.0 Å². The highest BCUT2D eigenvalue weighted by Crippen LogP contribution is 2.21. The van der Waals surface area contributed by atoms with Gasteiger partial charge in [-0.3, -0.25) is 24.1 Å². The summed E-state index contributed by atoms with van der Waals surface area (Å²) in [6, 6.07) is 6.56. The van der Waals surface area contributed by atoms with Crippen molar-refractivity contribution < 1.29 is 28.7 Å². The van der Waals surface area contributed by atoms with E-state index in [1.165, 1.54) is 6.08 Å². The summed E-state index contributed by atoms with van der Waals surface area (Å²) in [7, 11) is 0. The molecule has 1 heterocycles. The molecule has 1 aliphatic heterocycles. The predicted octanol–water partition coefficient (Wildman–Crippen LogP) is 0.988. The quantitative estimate of drug-likeness (QED) is 0.220. The van der Waals surface area contributed by atoms with Crippen LogP contribution in [0.25, 0.3) is 0 Å².